The predicted octanol–water partition coefficient (Wildman–Crippen LogP) is 3.61. The van der Waals surface area contributed by atoms with Crippen LogP contribution in [0.1, 0.15) is 30.4 Å². The van der Waals surface area contributed by atoms with Gasteiger partial charge in [-0.05, 0) is 38.8 Å². The van der Waals surface area contributed by atoms with E-state index in [1.54, 1.807) is 19.2 Å². The molecule has 1 saturated carbocycles. The number of nitriles is 1. The molecule has 1 N–H and O–H groups in total. The van der Waals surface area contributed by atoms with Crippen LogP contribution in [0.25, 0.3) is 0 Å². The molecule has 32 heavy (non-hydrogen) atoms. The number of nitrogens with zero attached hydrogens (tertiary/aromatic N) is 4. The van der Waals surface area contributed by atoms with Crippen molar-refractivity contribution in [1.82, 2.24) is 15.3 Å². The van der Waals surface area contributed by atoms with Gasteiger partial charge in [0.1, 0.15) is 16.7 Å². The van der Waals surface area contributed by atoms with Crippen LogP contribution in [0.5, 0.6) is 5.75 Å². The fraction of sp³-hybridized carbons (Fsp3) is 0.375. The molecule has 4 rings (SSSR count). The lowest BCUT2D eigenvalue weighted by Crippen LogP contribution is -2.35. The minimum absolute atomic E-state index is 0.139. The molecule has 8 heteroatoms. The standard InChI is InChI=1S/C24H24ClN5O2/c1-15-20(12-27-16(2)29-15)32-14-24(17-7-5-4-6-8-17)10-19(24)21(31)30-18-9-23(3,13-26)22(25)28-11-18/h4-9,11-12,19,22H,10,14H2,1-3H3,(H,30,31)/t19-,22?,23?,24+/m0/s1. The predicted molar refractivity (Wildman–Crippen MR) is 121 cm³/mol. The third kappa shape index (κ3) is 4.11. The van der Waals surface area contributed by atoms with Gasteiger partial charge in [0.05, 0.1) is 36.2 Å². The van der Waals surface area contributed by atoms with Gasteiger partial charge in [0.2, 0.25) is 5.91 Å². The van der Waals surface area contributed by atoms with Crippen molar-refractivity contribution < 1.29 is 9.53 Å². The number of aliphatic imine (C=N–C) groups is 1. The van der Waals surface area contributed by atoms with Crippen LogP contribution >= 0.6 is 11.6 Å². The topological polar surface area (TPSA) is 100 Å². The minimum atomic E-state index is -0.981. The van der Waals surface area contributed by atoms with Gasteiger partial charge in [-0.2, -0.15) is 5.26 Å². The van der Waals surface area contributed by atoms with Crippen LogP contribution in [0.15, 0.2) is 53.3 Å². The lowest BCUT2D eigenvalue weighted by Gasteiger charge is -2.25. The van der Waals surface area contributed by atoms with Crippen LogP contribution in [0.4, 0.5) is 0 Å². The first-order valence-corrected chi connectivity index (χ1v) is 10.8. The summed E-state index contributed by atoms with van der Waals surface area (Å²) in [4.78, 5) is 25.9. The number of alkyl halides is 1. The number of halogens is 1. The van der Waals surface area contributed by atoms with Gasteiger partial charge >= 0.3 is 0 Å². The van der Waals surface area contributed by atoms with E-state index in [0.29, 0.717) is 30.3 Å². The Morgan fingerprint density at radius 2 is 2.09 bits per heavy atom. The van der Waals surface area contributed by atoms with E-state index in [1.807, 2.05) is 44.2 Å². The third-order valence-electron chi connectivity index (χ3n) is 6.08. The van der Waals surface area contributed by atoms with Crippen molar-refractivity contribution in [3.8, 4) is 11.8 Å². The Balaban J connectivity index is 1.53. The van der Waals surface area contributed by atoms with Gasteiger partial charge in [-0.25, -0.2) is 9.97 Å². The smallest absolute Gasteiger partial charge is 0.228 e. The monoisotopic (exact) mass is 449 g/mol. The van der Waals surface area contributed by atoms with Crippen LogP contribution in [0, 0.1) is 36.5 Å². The second-order valence-corrected chi connectivity index (χ2v) is 8.95. The fourth-order valence-electron chi connectivity index (χ4n) is 4.01. The first-order chi connectivity index (χ1) is 15.3. The number of ether oxygens (including phenoxy) is 1. The number of amides is 1. The number of rotatable bonds is 6. The molecule has 164 valence electrons. The molecular formula is C24H24ClN5O2. The number of carbonyl (C=O) groups excluding carboxylic acids is 1. The van der Waals surface area contributed by atoms with Crippen molar-refractivity contribution in [2.75, 3.05) is 6.61 Å². The van der Waals surface area contributed by atoms with E-state index in [9.17, 15) is 10.1 Å². The maximum Gasteiger partial charge on any atom is 0.228 e. The van der Waals surface area contributed by atoms with Crippen LogP contribution in [0.2, 0.25) is 0 Å². The number of dihydropyridines is 1. The number of nitrogens with one attached hydrogen (secondary N) is 1. The molecule has 2 aliphatic rings. The molecule has 2 heterocycles. The molecule has 1 fully saturated rings. The van der Waals surface area contributed by atoms with Crippen molar-refractivity contribution in [3.63, 3.8) is 0 Å². The van der Waals surface area contributed by atoms with Crippen LogP contribution in [-0.2, 0) is 10.2 Å². The molecule has 0 spiro atoms. The van der Waals surface area contributed by atoms with Crippen molar-refractivity contribution >= 4 is 23.7 Å². The molecule has 2 unspecified atom stereocenters. The van der Waals surface area contributed by atoms with E-state index in [0.717, 1.165) is 11.3 Å². The highest BCUT2D eigenvalue weighted by Crippen LogP contribution is 2.54. The highest BCUT2D eigenvalue weighted by atomic mass is 35.5. The lowest BCUT2D eigenvalue weighted by molar-refractivity contribution is -0.122. The normalized spacial score (nSPS) is 28.4. The first-order valence-electron chi connectivity index (χ1n) is 10.4. The van der Waals surface area contributed by atoms with Gasteiger partial charge < -0.3 is 10.1 Å². The van der Waals surface area contributed by atoms with Gasteiger partial charge in [-0.1, -0.05) is 41.9 Å². The van der Waals surface area contributed by atoms with Gasteiger partial charge in [0.25, 0.3) is 0 Å². The molecule has 0 saturated heterocycles. The number of carbonyl (C=O) groups is 1. The quantitative estimate of drug-likeness (QED) is 0.536. The van der Waals surface area contributed by atoms with Gasteiger partial charge in [0.15, 0.2) is 5.75 Å². The Bertz CT molecular complexity index is 1140. The summed E-state index contributed by atoms with van der Waals surface area (Å²) in [5.74, 6) is 0.868. The zero-order valence-corrected chi connectivity index (χ0v) is 18.9. The van der Waals surface area contributed by atoms with Crippen molar-refractivity contribution in [1.29, 1.82) is 5.26 Å². The molecule has 1 aromatic carbocycles. The highest BCUT2D eigenvalue weighted by Gasteiger charge is 2.60. The zero-order chi connectivity index (χ0) is 22.9. The zero-order valence-electron chi connectivity index (χ0n) is 18.2. The number of allylic oxidation sites excluding steroid dienone is 1. The summed E-state index contributed by atoms with van der Waals surface area (Å²) >= 11 is 6.14. The molecular weight excluding hydrogens is 426 g/mol. The highest BCUT2D eigenvalue weighted by molar-refractivity contribution is 6.22. The van der Waals surface area contributed by atoms with E-state index in [4.69, 9.17) is 16.3 Å². The first kappa shape index (κ1) is 22.0. The molecule has 0 radical (unpaired) electrons. The summed E-state index contributed by atoms with van der Waals surface area (Å²) in [5, 5.41) is 12.4. The molecule has 0 bridgehead atoms. The molecule has 4 atom stereocenters. The fourth-order valence-corrected chi connectivity index (χ4v) is 4.18. The summed E-state index contributed by atoms with van der Waals surface area (Å²) < 4.78 is 6.10. The largest absolute Gasteiger partial charge is 0.489 e. The van der Waals surface area contributed by atoms with Gasteiger partial charge in [-0.15, -0.1) is 0 Å². The summed E-state index contributed by atoms with van der Waals surface area (Å²) in [6.45, 7) is 5.73. The minimum Gasteiger partial charge on any atom is -0.489 e. The molecule has 1 aromatic heterocycles. The Kier molecular flexibility index (Phi) is 5.74. The SMILES string of the molecule is Cc1ncc(OC[C@@]2(c3ccccc3)C[C@H]2C(=O)NC2=CC(C)(C#N)C(Cl)N=C2)c(C)n1. The van der Waals surface area contributed by atoms with E-state index in [2.05, 4.69) is 26.3 Å². The number of benzene rings is 1. The maximum atomic E-state index is 13.2. The second kappa shape index (κ2) is 8.36. The second-order valence-electron chi connectivity index (χ2n) is 8.53. The lowest BCUT2D eigenvalue weighted by atomic mass is 9.89. The van der Waals surface area contributed by atoms with Gasteiger partial charge in [0, 0.05) is 11.6 Å². The Morgan fingerprint density at radius 3 is 2.78 bits per heavy atom. The van der Waals surface area contributed by atoms with Crippen LogP contribution in [0.3, 0.4) is 0 Å². The van der Waals surface area contributed by atoms with E-state index in [-0.39, 0.29) is 11.8 Å². The Labute approximate surface area is 192 Å². The van der Waals surface area contributed by atoms with E-state index < -0.39 is 16.3 Å². The molecule has 1 aliphatic heterocycles. The van der Waals surface area contributed by atoms with E-state index >= 15 is 0 Å². The third-order valence-corrected chi connectivity index (χ3v) is 6.65. The average Bonchev–Trinajstić information content (AvgIpc) is 3.52. The summed E-state index contributed by atoms with van der Waals surface area (Å²) in [6.07, 6.45) is 5.48. The Hall–Kier alpha value is -3.24. The number of hydrogen-bond acceptors (Lipinski definition) is 6. The maximum absolute atomic E-state index is 13.2. The van der Waals surface area contributed by atoms with Gasteiger partial charge in [-0.3, -0.25) is 9.79 Å². The summed E-state index contributed by atoms with van der Waals surface area (Å²) in [7, 11) is 0. The molecule has 7 nitrogen and oxygen atoms in total. The van der Waals surface area contributed by atoms with Crippen molar-refractivity contribution in [2.24, 2.45) is 16.3 Å². The van der Waals surface area contributed by atoms with Crippen LogP contribution in [-0.4, -0.2) is 34.2 Å². The summed E-state index contributed by atoms with van der Waals surface area (Å²) in [6, 6.07) is 12.1. The summed E-state index contributed by atoms with van der Waals surface area (Å²) in [5.41, 5.74) is 0.157. The van der Waals surface area contributed by atoms with Crippen molar-refractivity contribution in [2.45, 2.75) is 38.1 Å². The molecule has 2 aromatic rings. The number of aromatic nitrogens is 2. The molecule has 1 aliphatic carbocycles. The number of hydrogen-bond donors (Lipinski definition) is 1. The van der Waals surface area contributed by atoms with Crippen molar-refractivity contribution in [3.05, 3.63) is 65.4 Å². The number of aryl methyl sites for hydroxylation is 2. The molecule has 1 amide bonds. The Morgan fingerprint density at radius 1 is 1.34 bits per heavy atom. The van der Waals surface area contributed by atoms with Crippen LogP contribution < -0.4 is 10.1 Å². The average molecular weight is 450 g/mol. The van der Waals surface area contributed by atoms with E-state index in [1.165, 1.54) is 6.21 Å².